The van der Waals surface area contributed by atoms with E-state index in [4.69, 9.17) is 10.8 Å². The van der Waals surface area contributed by atoms with Crippen molar-refractivity contribution in [3.05, 3.63) is 0 Å². The third-order valence-corrected chi connectivity index (χ3v) is 2.15. The molecule has 0 rings (SSSR count). The molecule has 6 nitrogen and oxygen atoms in total. The molecule has 0 aliphatic carbocycles. The molecule has 88 valence electrons. The average Bonchev–Trinajstić information content (AvgIpc) is 2.15. The Labute approximate surface area is 88.5 Å². The summed E-state index contributed by atoms with van der Waals surface area (Å²) in [4.78, 5) is 21.5. The van der Waals surface area contributed by atoms with Gasteiger partial charge in [-0.05, 0) is 0 Å². The van der Waals surface area contributed by atoms with Crippen molar-refractivity contribution in [3.8, 4) is 0 Å². The molecule has 1 amide bonds. The zero-order valence-electron chi connectivity index (χ0n) is 8.99. The second-order valence-corrected chi connectivity index (χ2v) is 4.03. The second kappa shape index (κ2) is 5.67. The molecule has 0 heterocycles. The Kier molecular flexibility index (Phi) is 5.24. The van der Waals surface area contributed by atoms with Crippen LogP contribution in [0, 0.1) is 5.41 Å². The van der Waals surface area contributed by atoms with Crippen LogP contribution in [0.5, 0.6) is 0 Å². The smallest absolute Gasteiger partial charge is 0.305 e. The summed E-state index contributed by atoms with van der Waals surface area (Å²) in [6.07, 6.45) is -1.39. The third-order valence-electron chi connectivity index (χ3n) is 2.15. The summed E-state index contributed by atoms with van der Waals surface area (Å²) in [6, 6.07) is 0. The van der Waals surface area contributed by atoms with Crippen LogP contribution in [0.15, 0.2) is 0 Å². The van der Waals surface area contributed by atoms with Crippen LogP contribution >= 0.6 is 0 Å². The highest BCUT2D eigenvalue weighted by molar-refractivity contribution is 5.81. The highest BCUT2D eigenvalue weighted by Crippen LogP contribution is 2.18. The summed E-state index contributed by atoms with van der Waals surface area (Å²) in [5, 5.41) is 20.2. The van der Waals surface area contributed by atoms with Crippen molar-refractivity contribution in [2.24, 2.45) is 11.1 Å². The van der Waals surface area contributed by atoms with Crippen molar-refractivity contribution in [1.82, 2.24) is 5.32 Å². The number of rotatable bonds is 6. The number of aliphatic hydroxyl groups is 1. The van der Waals surface area contributed by atoms with Crippen LogP contribution in [0.4, 0.5) is 0 Å². The zero-order valence-corrected chi connectivity index (χ0v) is 8.99. The molecule has 15 heavy (non-hydrogen) atoms. The number of hydrogen-bond donors (Lipinski definition) is 4. The number of hydrogen-bond acceptors (Lipinski definition) is 4. The highest BCUT2D eigenvalue weighted by atomic mass is 16.4. The molecule has 0 aliphatic rings. The first-order chi connectivity index (χ1) is 6.81. The van der Waals surface area contributed by atoms with E-state index in [0.29, 0.717) is 0 Å². The molecule has 0 bridgehead atoms. The molecule has 0 spiro atoms. The lowest BCUT2D eigenvalue weighted by molar-refractivity contribution is -0.137. The molecule has 0 saturated heterocycles. The summed E-state index contributed by atoms with van der Waals surface area (Å²) in [5.41, 5.74) is 4.67. The van der Waals surface area contributed by atoms with E-state index in [9.17, 15) is 14.7 Å². The molecule has 0 radical (unpaired) electrons. The minimum Gasteiger partial charge on any atom is -0.481 e. The fourth-order valence-electron chi connectivity index (χ4n) is 0.856. The SMILES string of the molecule is CC(C)(CN)[C@@H](O)C(=O)NCCC(=O)O. The fraction of sp³-hybridized carbons (Fsp3) is 0.778. The van der Waals surface area contributed by atoms with Gasteiger partial charge in [0, 0.05) is 18.5 Å². The van der Waals surface area contributed by atoms with E-state index in [2.05, 4.69) is 5.32 Å². The number of aliphatic hydroxyl groups excluding tert-OH is 1. The summed E-state index contributed by atoms with van der Waals surface area (Å²) in [6.45, 7) is 3.50. The van der Waals surface area contributed by atoms with Gasteiger partial charge in [-0.3, -0.25) is 9.59 Å². The number of nitrogens with two attached hydrogens (primary N) is 1. The van der Waals surface area contributed by atoms with Crippen molar-refractivity contribution < 1.29 is 19.8 Å². The molecule has 0 unspecified atom stereocenters. The molecule has 0 fully saturated rings. The lowest BCUT2D eigenvalue weighted by atomic mass is 9.86. The monoisotopic (exact) mass is 218 g/mol. The number of carboxylic acid groups (broad SMARTS) is 1. The first kappa shape index (κ1) is 13.9. The number of carbonyl (C=O) groups is 2. The second-order valence-electron chi connectivity index (χ2n) is 4.03. The largest absolute Gasteiger partial charge is 0.481 e. The van der Waals surface area contributed by atoms with Gasteiger partial charge in [-0.25, -0.2) is 0 Å². The minimum absolute atomic E-state index is 0.00583. The van der Waals surface area contributed by atoms with Gasteiger partial charge in [-0.1, -0.05) is 13.8 Å². The summed E-state index contributed by atoms with van der Waals surface area (Å²) in [7, 11) is 0. The molecule has 0 aromatic carbocycles. The maximum Gasteiger partial charge on any atom is 0.305 e. The van der Waals surface area contributed by atoms with Gasteiger partial charge >= 0.3 is 5.97 Å². The molecule has 0 aromatic heterocycles. The Bertz CT molecular complexity index is 240. The minimum atomic E-state index is -1.23. The first-order valence-electron chi connectivity index (χ1n) is 4.69. The van der Waals surface area contributed by atoms with Gasteiger partial charge in [-0.2, -0.15) is 0 Å². The molecule has 1 atom stereocenters. The van der Waals surface area contributed by atoms with E-state index in [-0.39, 0.29) is 19.5 Å². The van der Waals surface area contributed by atoms with E-state index in [1.54, 1.807) is 13.8 Å². The van der Waals surface area contributed by atoms with E-state index in [1.165, 1.54) is 0 Å². The zero-order chi connectivity index (χ0) is 12.1. The van der Waals surface area contributed by atoms with Gasteiger partial charge in [0.05, 0.1) is 6.42 Å². The normalized spacial score (nSPS) is 13.3. The number of nitrogens with one attached hydrogen (secondary N) is 1. The number of amides is 1. The van der Waals surface area contributed by atoms with Gasteiger partial charge in [0.1, 0.15) is 6.10 Å². The topological polar surface area (TPSA) is 113 Å². The predicted molar refractivity (Wildman–Crippen MR) is 54.1 cm³/mol. The molecular formula is C9H18N2O4. The van der Waals surface area contributed by atoms with Gasteiger partial charge in [-0.15, -0.1) is 0 Å². The van der Waals surface area contributed by atoms with Gasteiger partial charge in [0.25, 0.3) is 0 Å². The standard InChI is InChI=1S/C9H18N2O4/c1-9(2,5-10)7(14)8(15)11-4-3-6(12)13/h7,14H,3-5,10H2,1-2H3,(H,11,15)(H,12,13)/t7-/m0/s1. The van der Waals surface area contributed by atoms with Crippen LogP contribution in [-0.4, -0.2) is 41.3 Å². The predicted octanol–water partition coefficient (Wildman–Crippen LogP) is -1.08. The fourth-order valence-corrected chi connectivity index (χ4v) is 0.856. The molecular weight excluding hydrogens is 200 g/mol. The van der Waals surface area contributed by atoms with Gasteiger partial charge in [0.15, 0.2) is 0 Å². The Balaban J connectivity index is 4.05. The Morgan fingerprint density at radius 2 is 2.00 bits per heavy atom. The van der Waals surface area contributed by atoms with E-state index in [0.717, 1.165) is 0 Å². The molecule has 0 aliphatic heterocycles. The van der Waals surface area contributed by atoms with E-state index >= 15 is 0 Å². The summed E-state index contributed by atoms with van der Waals surface area (Å²) < 4.78 is 0. The number of aliphatic carboxylic acids is 1. The number of carbonyl (C=O) groups excluding carboxylic acids is 1. The van der Waals surface area contributed by atoms with Crippen LogP contribution in [0.3, 0.4) is 0 Å². The van der Waals surface area contributed by atoms with Crippen LogP contribution in [0.1, 0.15) is 20.3 Å². The van der Waals surface area contributed by atoms with Crippen molar-refractivity contribution in [2.45, 2.75) is 26.4 Å². The van der Waals surface area contributed by atoms with Crippen molar-refractivity contribution in [1.29, 1.82) is 0 Å². The molecule has 6 heteroatoms. The number of carboxylic acids is 1. The third kappa shape index (κ3) is 4.75. The van der Waals surface area contributed by atoms with Crippen molar-refractivity contribution in [2.75, 3.05) is 13.1 Å². The maximum atomic E-state index is 11.3. The van der Waals surface area contributed by atoms with Crippen LogP contribution in [0.25, 0.3) is 0 Å². The Morgan fingerprint density at radius 3 is 2.40 bits per heavy atom. The lowest BCUT2D eigenvalue weighted by Crippen LogP contribution is -2.47. The Hall–Kier alpha value is -1.14. The van der Waals surface area contributed by atoms with E-state index < -0.39 is 23.4 Å². The van der Waals surface area contributed by atoms with Crippen LogP contribution in [-0.2, 0) is 9.59 Å². The van der Waals surface area contributed by atoms with Crippen molar-refractivity contribution >= 4 is 11.9 Å². The molecule has 0 saturated carbocycles. The highest BCUT2D eigenvalue weighted by Gasteiger charge is 2.31. The summed E-state index contributed by atoms with van der Waals surface area (Å²) >= 11 is 0. The summed E-state index contributed by atoms with van der Waals surface area (Å²) in [5.74, 6) is -1.59. The average molecular weight is 218 g/mol. The van der Waals surface area contributed by atoms with Crippen LogP contribution < -0.4 is 11.1 Å². The molecule has 0 aromatic rings. The molecule has 5 N–H and O–H groups in total. The lowest BCUT2D eigenvalue weighted by Gasteiger charge is -2.27. The van der Waals surface area contributed by atoms with Gasteiger partial charge in [0.2, 0.25) is 5.91 Å². The Morgan fingerprint density at radius 1 is 1.47 bits per heavy atom. The quantitative estimate of drug-likeness (QED) is 0.453. The van der Waals surface area contributed by atoms with Crippen LogP contribution in [0.2, 0.25) is 0 Å². The van der Waals surface area contributed by atoms with E-state index in [1.807, 2.05) is 0 Å². The van der Waals surface area contributed by atoms with Gasteiger partial charge < -0.3 is 21.3 Å². The maximum absolute atomic E-state index is 11.3. The van der Waals surface area contributed by atoms with Crippen molar-refractivity contribution in [3.63, 3.8) is 0 Å². The first-order valence-corrected chi connectivity index (χ1v) is 4.69.